The summed E-state index contributed by atoms with van der Waals surface area (Å²) >= 11 is 0. The Morgan fingerprint density at radius 1 is 1.32 bits per heavy atom. The number of fused-ring (bicyclic) bond motifs is 1. The monoisotopic (exact) mass is 262 g/mol. The number of nitro groups is 1. The van der Waals surface area contributed by atoms with Crippen LogP contribution in [0.5, 0.6) is 0 Å². The molecule has 0 radical (unpaired) electrons. The summed E-state index contributed by atoms with van der Waals surface area (Å²) < 4.78 is 5.57. The Hall–Kier alpha value is -1.95. The summed E-state index contributed by atoms with van der Waals surface area (Å²) in [6, 6.07) is 4.44. The zero-order valence-corrected chi connectivity index (χ0v) is 10.3. The minimum Gasteiger partial charge on any atom is -0.455 e. The number of nitrogens with zero attached hydrogens (tertiary/aromatic N) is 1. The molecule has 2 heterocycles. The third-order valence-corrected chi connectivity index (χ3v) is 3.86. The fourth-order valence-electron chi connectivity index (χ4n) is 2.82. The number of nitrogens with one attached hydrogen (secondary N) is 1. The number of ether oxygens (including phenoxy) is 1. The molecule has 3 rings (SSSR count). The van der Waals surface area contributed by atoms with Crippen molar-refractivity contribution in [1.82, 2.24) is 5.32 Å². The molecular formula is C13H14N2O4. The Morgan fingerprint density at radius 3 is 2.74 bits per heavy atom. The van der Waals surface area contributed by atoms with Gasteiger partial charge in [0.1, 0.15) is 5.60 Å². The van der Waals surface area contributed by atoms with Crippen LogP contribution in [0.3, 0.4) is 0 Å². The fraction of sp³-hybridized carbons (Fsp3) is 0.462. The second kappa shape index (κ2) is 4.31. The van der Waals surface area contributed by atoms with Gasteiger partial charge in [-0.3, -0.25) is 10.1 Å². The minimum atomic E-state index is -0.498. The van der Waals surface area contributed by atoms with Crippen molar-refractivity contribution in [1.29, 1.82) is 0 Å². The second-order valence-corrected chi connectivity index (χ2v) is 5.10. The van der Waals surface area contributed by atoms with E-state index in [9.17, 15) is 14.9 Å². The standard InChI is InChI=1S/C13H14N2O4/c16-12-11-7-10(15(17)18)2-1-9(11)8-13(19-12)3-5-14-6-4-13/h1-2,7,14H,3-6,8H2. The topological polar surface area (TPSA) is 81.5 Å². The maximum Gasteiger partial charge on any atom is 0.339 e. The van der Waals surface area contributed by atoms with E-state index in [0.717, 1.165) is 31.5 Å². The van der Waals surface area contributed by atoms with Gasteiger partial charge in [-0.2, -0.15) is 0 Å². The number of hydrogen-bond donors (Lipinski definition) is 1. The zero-order chi connectivity index (χ0) is 13.5. The minimum absolute atomic E-state index is 0.0723. The number of esters is 1. The first kappa shape index (κ1) is 12.1. The number of benzene rings is 1. The van der Waals surface area contributed by atoms with Crippen LogP contribution >= 0.6 is 0 Å². The molecule has 6 nitrogen and oxygen atoms in total. The average molecular weight is 262 g/mol. The molecule has 0 atom stereocenters. The molecule has 0 saturated carbocycles. The summed E-state index contributed by atoms with van der Waals surface area (Å²) in [6.45, 7) is 1.66. The first-order chi connectivity index (χ1) is 9.10. The number of carbonyl (C=O) groups is 1. The summed E-state index contributed by atoms with van der Waals surface area (Å²) in [5.41, 5.74) is 0.685. The molecule has 0 aromatic heterocycles. The van der Waals surface area contributed by atoms with Crippen molar-refractivity contribution in [3.63, 3.8) is 0 Å². The van der Waals surface area contributed by atoms with Crippen LogP contribution in [0, 0.1) is 10.1 Å². The van der Waals surface area contributed by atoms with Crippen molar-refractivity contribution in [2.75, 3.05) is 13.1 Å². The molecular weight excluding hydrogens is 248 g/mol. The van der Waals surface area contributed by atoms with E-state index in [1.165, 1.54) is 12.1 Å². The van der Waals surface area contributed by atoms with Crippen LogP contribution in [0.2, 0.25) is 0 Å². The van der Waals surface area contributed by atoms with E-state index in [2.05, 4.69) is 5.32 Å². The molecule has 19 heavy (non-hydrogen) atoms. The predicted molar refractivity (Wildman–Crippen MR) is 67.1 cm³/mol. The van der Waals surface area contributed by atoms with Gasteiger partial charge in [-0.05, 0) is 18.7 Å². The van der Waals surface area contributed by atoms with E-state index in [-0.39, 0.29) is 5.69 Å². The van der Waals surface area contributed by atoms with Crippen molar-refractivity contribution in [2.45, 2.75) is 24.9 Å². The number of non-ortho nitro benzene ring substituents is 1. The molecule has 1 fully saturated rings. The molecule has 0 amide bonds. The Kier molecular flexibility index (Phi) is 2.74. The van der Waals surface area contributed by atoms with Gasteiger partial charge in [0.15, 0.2) is 0 Å². The van der Waals surface area contributed by atoms with Crippen LogP contribution in [0.15, 0.2) is 18.2 Å². The number of piperidine rings is 1. The van der Waals surface area contributed by atoms with Gasteiger partial charge < -0.3 is 10.1 Å². The molecule has 6 heteroatoms. The molecule has 0 aliphatic carbocycles. The van der Waals surface area contributed by atoms with E-state index >= 15 is 0 Å². The van der Waals surface area contributed by atoms with Gasteiger partial charge in [-0.25, -0.2) is 4.79 Å². The van der Waals surface area contributed by atoms with Crippen LogP contribution in [0.4, 0.5) is 5.69 Å². The molecule has 2 aliphatic rings. The molecule has 0 bridgehead atoms. The summed E-state index contributed by atoms with van der Waals surface area (Å²) in [5, 5.41) is 14.0. The molecule has 1 saturated heterocycles. The SMILES string of the molecule is O=C1OC2(CCNCC2)Cc2ccc([N+](=O)[O-])cc21. The fourth-order valence-corrected chi connectivity index (χ4v) is 2.82. The highest BCUT2D eigenvalue weighted by atomic mass is 16.6. The van der Waals surface area contributed by atoms with Gasteiger partial charge in [0.05, 0.1) is 10.5 Å². The van der Waals surface area contributed by atoms with E-state index in [4.69, 9.17) is 4.74 Å². The molecule has 1 spiro atoms. The summed E-state index contributed by atoms with van der Waals surface area (Å²) in [7, 11) is 0. The van der Waals surface area contributed by atoms with Crippen molar-refractivity contribution in [3.8, 4) is 0 Å². The lowest BCUT2D eigenvalue weighted by Crippen LogP contribution is -2.49. The lowest BCUT2D eigenvalue weighted by atomic mass is 9.82. The number of hydrogen-bond acceptors (Lipinski definition) is 5. The lowest BCUT2D eigenvalue weighted by molar-refractivity contribution is -0.384. The summed E-state index contributed by atoms with van der Waals surface area (Å²) in [6.07, 6.45) is 2.22. The van der Waals surface area contributed by atoms with Gasteiger partial charge in [-0.15, -0.1) is 0 Å². The maximum absolute atomic E-state index is 12.1. The van der Waals surface area contributed by atoms with Crippen molar-refractivity contribution >= 4 is 11.7 Å². The van der Waals surface area contributed by atoms with E-state index in [1.54, 1.807) is 6.07 Å². The molecule has 1 aromatic rings. The summed E-state index contributed by atoms with van der Waals surface area (Å²) in [5.74, 6) is -0.438. The Balaban J connectivity index is 1.97. The van der Waals surface area contributed by atoms with E-state index < -0.39 is 16.5 Å². The van der Waals surface area contributed by atoms with Gasteiger partial charge in [0.2, 0.25) is 0 Å². The molecule has 100 valence electrons. The highest BCUT2D eigenvalue weighted by Gasteiger charge is 2.41. The van der Waals surface area contributed by atoms with Crippen molar-refractivity contribution in [3.05, 3.63) is 39.4 Å². The van der Waals surface area contributed by atoms with Crippen molar-refractivity contribution < 1.29 is 14.5 Å². The van der Waals surface area contributed by atoms with Gasteiger partial charge in [0, 0.05) is 31.4 Å². The van der Waals surface area contributed by atoms with E-state index in [1.807, 2.05) is 0 Å². The van der Waals surface area contributed by atoms with Gasteiger partial charge in [0.25, 0.3) is 5.69 Å². The second-order valence-electron chi connectivity index (χ2n) is 5.10. The highest BCUT2D eigenvalue weighted by Crippen LogP contribution is 2.35. The van der Waals surface area contributed by atoms with E-state index in [0.29, 0.717) is 12.0 Å². The average Bonchev–Trinajstić information content (AvgIpc) is 2.39. The first-order valence-corrected chi connectivity index (χ1v) is 6.31. The molecule has 0 unspecified atom stereocenters. The Bertz CT molecular complexity index is 550. The molecule has 1 aromatic carbocycles. The molecule has 2 aliphatic heterocycles. The van der Waals surface area contributed by atoms with Gasteiger partial charge in [-0.1, -0.05) is 6.07 Å². The first-order valence-electron chi connectivity index (χ1n) is 6.31. The largest absolute Gasteiger partial charge is 0.455 e. The Labute approximate surface area is 109 Å². The number of rotatable bonds is 1. The van der Waals surface area contributed by atoms with Crippen LogP contribution < -0.4 is 5.32 Å². The van der Waals surface area contributed by atoms with Crippen LogP contribution in [-0.4, -0.2) is 29.6 Å². The smallest absolute Gasteiger partial charge is 0.339 e. The quantitative estimate of drug-likeness (QED) is 0.470. The highest BCUT2D eigenvalue weighted by molar-refractivity contribution is 5.93. The Morgan fingerprint density at radius 2 is 2.05 bits per heavy atom. The number of carbonyl (C=O) groups excluding carboxylic acids is 1. The van der Waals surface area contributed by atoms with Crippen LogP contribution in [0.25, 0.3) is 0 Å². The van der Waals surface area contributed by atoms with Crippen molar-refractivity contribution in [2.24, 2.45) is 0 Å². The predicted octanol–water partition coefficient (Wildman–Crippen LogP) is 1.43. The van der Waals surface area contributed by atoms with Crippen LogP contribution in [-0.2, 0) is 11.2 Å². The third-order valence-electron chi connectivity index (χ3n) is 3.86. The summed E-state index contributed by atoms with van der Waals surface area (Å²) in [4.78, 5) is 22.3. The van der Waals surface area contributed by atoms with Crippen LogP contribution in [0.1, 0.15) is 28.8 Å². The molecule has 1 N–H and O–H groups in total. The zero-order valence-electron chi connectivity index (χ0n) is 10.3. The van der Waals surface area contributed by atoms with Gasteiger partial charge >= 0.3 is 5.97 Å². The third kappa shape index (κ3) is 2.08. The normalized spacial score (nSPS) is 20.7. The maximum atomic E-state index is 12.1. The lowest BCUT2D eigenvalue weighted by Gasteiger charge is -2.40. The number of nitro benzene ring substituents is 1.